The van der Waals surface area contributed by atoms with Gasteiger partial charge in [-0.25, -0.2) is 0 Å². The van der Waals surface area contributed by atoms with Gasteiger partial charge in [-0.3, -0.25) is 0 Å². The van der Waals surface area contributed by atoms with Gasteiger partial charge >= 0.3 is 0 Å². The number of hydrogen-bond acceptors (Lipinski definition) is 1. The topological polar surface area (TPSA) is 20.2 Å². The van der Waals surface area contributed by atoms with Crippen molar-refractivity contribution >= 4 is 0 Å². The van der Waals surface area contributed by atoms with E-state index in [9.17, 15) is 5.11 Å². The van der Waals surface area contributed by atoms with Crippen molar-refractivity contribution in [1.82, 2.24) is 0 Å². The van der Waals surface area contributed by atoms with E-state index in [0.717, 1.165) is 25.7 Å². The van der Waals surface area contributed by atoms with Gasteiger partial charge in [0, 0.05) is 5.92 Å². The van der Waals surface area contributed by atoms with Crippen molar-refractivity contribution < 1.29 is 5.11 Å². The Bertz CT molecular complexity index is 473. The first-order valence-electron chi connectivity index (χ1n) is 8.46. The molecule has 0 amide bonds. The van der Waals surface area contributed by atoms with Crippen molar-refractivity contribution in [1.29, 1.82) is 0 Å². The van der Waals surface area contributed by atoms with Crippen LogP contribution in [-0.2, 0) is 0 Å². The maximum Gasteiger partial charge on any atom is 0.0656 e. The lowest BCUT2D eigenvalue weighted by Gasteiger charge is -2.32. The van der Waals surface area contributed by atoms with E-state index in [0.29, 0.717) is 5.92 Å². The van der Waals surface area contributed by atoms with Crippen LogP contribution in [0.1, 0.15) is 73.1 Å². The predicted molar refractivity (Wildman–Crippen MR) is 91.2 cm³/mol. The maximum atomic E-state index is 10.6. The number of fused-ring (bicyclic) bond motifs is 1. The van der Waals surface area contributed by atoms with Crippen molar-refractivity contribution in [2.75, 3.05) is 0 Å². The molecule has 2 aliphatic carbocycles. The highest BCUT2D eigenvalue weighted by molar-refractivity contribution is 5.28. The monoisotopic (exact) mass is 288 g/mol. The molecule has 0 aromatic carbocycles. The highest BCUT2D eigenvalue weighted by atomic mass is 16.3. The summed E-state index contributed by atoms with van der Waals surface area (Å²) in [6.45, 7) is 10.8. The molecule has 0 heterocycles. The lowest BCUT2D eigenvalue weighted by molar-refractivity contribution is 0.0338. The highest BCUT2D eigenvalue weighted by Crippen LogP contribution is 2.52. The Balaban J connectivity index is 2.39. The van der Waals surface area contributed by atoms with E-state index >= 15 is 0 Å². The number of allylic oxidation sites excluding steroid dienone is 5. The SMILES string of the molecule is CC1=CCCC(C)=CCC2(C)CCC(C(C)(C)O)C2=CC1. The molecule has 1 heteroatoms. The minimum absolute atomic E-state index is 0.233. The molecule has 0 aromatic heterocycles. The van der Waals surface area contributed by atoms with Gasteiger partial charge < -0.3 is 5.11 Å². The second-order valence-corrected chi connectivity index (χ2v) is 8.01. The Hall–Kier alpha value is -0.820. The molecule has 0 saturated heterocycles. The minimum Gasteiger partial charge on any atom is -0.390 e. The highest BCUT2D eigenvalue weighted by Gasteiger charge is 2.44. The summed E-state index contributed by atoms with van der Waals surface area (Å²) in [5.41, 5.74) is 4.08. The summed E-state index contributed by atoms with van der Waals surface area (Å²) in [7, 11) is 0. The summed E-state index contributed by atoms with van der Waals surface area (Å²) < 4.78 is 0. The van der Waals surface area contributed by atoms with Gasteiger partial charge in [-0.15, -0.1) is 0 Å². The quantitative estimate of drug-likeness (QED) is 0.626. The first-order valence-corrected chi connectivity index (χ1v) is 8.46. The third-order valence-electron chi connectivity index (χ3n) is 5.49. The predicted octanol–water partition coefficient (Wildman–Crippen LogP) is 5.57. The summed E-state index contributed by atoms with van der Waals surface area (Å²) in [6.07, 6.45) is 14.0. The molecule has 118 valence electrons. The van der Waals surface area contributed by atoms with Crippen LogP contribution in [0.15, 0.2) is 34.9 Å². The third kappa shape index (κ3) is 3.88. The van der Waals surface area contributed by atoms with Gasteiger partial charge in [0.2, 0.25) is 0 Å². The fourth-order valence-electron chi connectivity index (χ4n) is 3.93. The second kappa shape index (κ2) is 6.12. The second-order valence-electron chi connectivity index (χ2n) is 8.01. The average Bonchev–Trinajstić information content (AvgIpc) is 2.70. The molecule has 1 nitrogen and oxygen atoms in total. The summed E-state index contributed by atoms with van der Waals surface area (Å²) in [5, 5.41) is 10.6. The summed E-state index contributed by atoms with van der Waals surface area (Å²) in [5.74, 6) is 0.310. The van der Waals surface area contributed by atoms with Gasteiger partial charge in [-0.05, 0) is 71.6 Å². The van der Waals surface area contributed by atoms with Crippen molar-refractivity contribution in [3.05, 3.63) is 34.9 Å². The van der Waals surface area contributed by atoms with E-state index in [1.807, 2.05) is 13.8 Å². The molecule has 0 bridgehead atoms. The maximum absolute atomic E-state index is 10.6. The molecule has 2 unspecified atom stereocenters. The smallest absolute Gasteiger partial charge is 0.0656 e. The molecule has 1 fully saturated rings. The fraction of sp³-hybridized carbons (Fsp3) is 0.700. The largest absolute Gasteiger partial charge is 0.390 e. The normalized spacial score (nSPS) is 31.7. The Kier molecular flexibility index (Phi) is 4.82. The number of aliphatic hydroxyl groups is 1. The van der Waals surface area contributed by atoms with Crippen molar-refractivity contribution in [3.8, 4) is 0 Å². The van der Waals surface area contributed by atoms with Gasteiger partial charge in [0.05, 0.1) is 5.60 Å². The Morgan fingerprint density at radius 2 is 1.86 bits per heavy atom. The Labute approximate surface area is 130 Å². The van der Waals surface area contributed by atoms with Crippen LogP contribution < -0.4 is 0 Å². The summed E-state index contributed by atoms with van der Waals surface area (Å²) in [6, 6.07) is 0. The fourth-order valence-corrected chi connectivity index (χ4v) is 3.93. The molecule has 1 saturated carbocycles. The van der Waals surface area contributed by atoms with E-state index < -0.39 is 5.60 Å². The minimum atomic E-state index is -0.611. The number of hydrogen-bond donors (Lipinski definition) is 1. The molecule has 1 N–H and O–H groups in total. The van der Waals surface area contributed by atoms with Gasteiger partial charge in [0.1, 0.15) is 0 Å². The molecule has 0 radical (unpaired) electrons. The lowest BCUT2D eigenvalue weighted by Crippen LogP contribution is -2.32. The van der Waals surface area contributed by atoms with Crippen molar-refractivity contribution in [2.45, 2.75) is 78.7 Å². The zero-order valence-corrected chi connectivity index (χ0v) is 14.5. The standard InChI is InChI=1S/C20H32O/c1-15-7-6-8-16(2)11-13-20(5)14-12-17(19(3,4)21)18(20)10-9-15/h7,10-11,17,21H,6,8-9,12-14H2,1-5H3. The van der Waals surface area contributed by atoms with Crippen LogP contribution in [0, 0.1) is 11.3 Å². The van der Waals surface area contributed by atoms with E-state index in [1.54, 1.807) is 0 Å². The van der Waals surface area contributed by atoms with Gasteiger partial charge in [-0.1, -0.05) is 41.9 Å². The van der Waals surface area contributed by atoms with E-state index in [1.165, 1.54) is 29.6 Å². The zero-order valence-electron chi connectivity index (χ0n) is 14.5. The first kappa shape index (κ1) is 16.5. The van der Waals surface area contributed by atoms with Gasteiger partial charge in [-0.2, -0.15) is 0 Å². The van der Waals surface area contributed by atoms with Crippen LogP contribution in [0.3, 0.4) is 0 Å². The zero-order chi connectivity index (χ0) is 15.7. The molecule has 0 spiro atoms. The third-order valence-corrected chi connectivity index (χ3v) is 5.49. The van der Waals surface area contributed by atoms with E-state index in [-0.39, 0.29) is 5.41 Å². The lowest BCUT2D eigenvalue weighted by atomic mass is 9.75. The molecule has 2 atom stereocenters. The first-order chi connectivity index (χ1) is 9.72. The van der Waals surface area contributed by atoms with Crippen LogP contribution in [0.2, 0.25) is 0 Å². The van der Waals surface area contributed by atoms with E-state index in [4.69, 9.17) is 0 Å². The molecule has 21 heavy (non-hydrogen) atoms. The molecule has 0 aromatic rings. The van der Waals surface area contributed by atoms with Crippen LogP contribution in [0.25, 0.3) is 0 Å². The van der Waals surface area contributed by atoms with E-state index in [2.05, 4.69) is 39.0 Å². The molecule has 2 rings (SSSR count). The number of rotatable bonds is 1. The Morgan fingerprint density at radius 1 is 1.14 bits per heavy atom. The summed E-state index contributed by atoms with van der Waals surface area (Å²) >= 11 is 0. The summed E-state index contributed by atoms with van der Waals surface area (Å²) in [4.78, 5) is 0. The molecule has 0 aliphatic heterocycles. The average molecular weight is 288 g/mol. The molecule has 2 aliphatic rings. The van der Waals surface area contributed by atoms with Crippen LogP contribution in [-0.4, -0.2) is 10.7 Å². The van der Waals surface area contributed by atoms with Crippen LogP contribution in [0.4, 0.5) is 0 Å². The van der Waals surface area contributed by atoms with Crippen LogP contribution >= 0.6 is 0 Å². The van der Waals surface area contributed by atoms with Gasteiger partial charge in [0.15, 0.2) is 0 Å². The van der Waals surface area contributed by atoms with Gasteiger partial charge in [0.25, 0.3) is 0 Å². The van der Waals surface area contributed by atoms with Crippen LogP contribution in [0.5, 0.6) is 0 Å². The van der Waals surface area contributed by atoms with Crippen molar-refractivity contribution in [2.24, 2.45) is 11.3 Å². The molecular formula is C20H32O. The Morgan fingerprint density at radius 3 is 2.52 bits per heavy atom. The molecular weight excluding hydrogens is 256 g/mol. The van der Waals surface area contributed by atoms with Crippen molar-refractivity contribution in [3.63, 3.8) is 0 Å².